The lowest BCUT2D eigenvalue weighted by atomic mass is 10.2. The molecule has 1 heteroatoms. The van der Waals surface area contributed by atoms with Crippen molar-refractivity contribution in [2.45, 2.75) is 20.8 Å². The van der Waals surface area contributed by atoms with Gasteiger partial charge in [0.15, 0.2) is 0 Å². The third-order valence-corrected chi connectivity index (χ3v) is 2.20. The summed E-state index contributed by atoms with van der Waals surface area (Å²) in [6.45, 7) is 9.69. The molecule has 1 rings (SSSR count). The standard InChI is InChI=1S/C15H18O/c1-5-12(2)6-9-14(4)16-15-10-7-13(3)8-11-15/h5-11H,1H2,2-4H3/b12-6-,14-9+. The van der Waals surface area contributed by atoms with Crippen molar-refractivity contribution in [3.63, 3.8) is 0 Å². The molecule has 1 aromatic carbocycles. The topological polar surface area (TPSA) is 9.23 Å². The van der Waals surface area contributed by atoms with Crippen molar-refractivity contribution in [2.75, 3.05) is 0 Å². The molecular formula is C15H18O. The van der Waals surface area contributed by atoms with E-state index >= 15 is 0 Å². The molecule has 0 aliphatic heterocycles. The minimum absolute atomic E-state index is 0.865. The zero-order valence-corrected chi connectivity index (χ0v) is 10.2. The van der Waals surface area contributed by atoms with E-state index in [4.69, 9.17) is 4.74 Å². The first kappa shape index (κ1) is 12.3. The Balaban J connectivity index is 2.67. The van der Waals surface area contributed by atoms with Gasteiger partial charge in [-0.2, -0.15) is 0 Å². The molecule has 0 aliphatic rings. The van der Waals surface area contributed by atoms with E-state index in [0.29, 0.717) is 0 Å². The van der Waals surface area contributed by atoms with E-state index in [0.717, 1.165) is 17.1 Å². The maximum atomic E-state index is 5.65. The normalized spacial score (nSPS) is 12.4. The summed E-state index contributed by atoms with van der Waals surface area (Å²) in [7, 11) is 0. The monoisotopic (exact) mass is 214 g/mol. The second-order valence-electron chi connectivity index (χ2n) is 3.81. The first-order chi connectivity index (χ1) is 7.61. The molecule has 0 fully saturated rings. The Labute approximate surface area is 97.8 Å². The van der Waals surface area contributed by atoms with E-state index in [1.165, 1.54) is 5.56 Å². The molecule has 16 heavy (non-hydrogen) atoms. The van der Waals surface area contributed by atoms with Crippen molar-refractivity contribution in [3.05, 3.63) is 66.0 Å². The molecule has 0 spiro atoms. The second kappa shape index (κ2) is 5.96. The van der Waals surface area contributed by atoms with Gasteiger partial charge >= 0.3 is 0 Å². The first-order valence-electron chi connectivity index (χ1n) is 5.34. The van der Waals surface area contributed by atoms with Gasteiger partial charge in [0.25, 0.3) is 0 Å². The molecule has 0 atom stereocenters. The largest absolute Gasteiger partial charge is 0.462 e. The van der Waals surface area contributed by atoms with Crippen LogP contribution in [0.2, 0.25) is 0 Å². The third-order valence-electron chi connectivity index (χ3n) is 2.20. The van der Waals surface area contributed by atoms with E-state index in [1.54, 1.807) is 0 Å². The molecule has 0 amide bonds. The zero-order valence-electron chi connectivity index (χ0n) is 10.2. The van der Waals surface area contributed by atoms with Gasteiger partial charge in [-0.05, 0) is 39.0 Å². The van der Waals surface area contributed by atoms with Crippen LogP contribution in [0.4, 0.5) is 0 Å². The average Bonchev–Trinajstić information content (AvgIpc) is 2.29. The van der Waals surface area contributed by atoms with Crippen LogP contribution in [-0.2, 0) is 0 Å². The van der Waals surface area contributed by atoms with E-state index in [1.807, 2.05) is 56.3 Å². The highest BCUT2D eigenvalue weighted by atomic mass is 16.5. The van der Waals surface area contributed by atoms with Crippen molar-refractivity contribution >= 4 is 0 Å². The van der Waals surface area contributed by atoms with Crippen molar-refractivity contribution in [2.24, 2.45) is 0 Å². The number of aryl methyl sites for hydroxylation is 1. The van der Waals surface area contributed by atoms with Crippen LogP contribution in [0.15, 0.2) is 60.4 Å². The first-order valence-corrected chi connectivity index (χ1v) is 5.34. The Morgan fingerprint density at radius 3 is 2.31 bits per heavy atom. The Hall–Kier alpha value is -1.76. The Morgan fingerprint density at radius 2 is 1.75 bits per heavy atom. The molecular weight excluding hydrogens is 196 g/mol. The number of rotatable bonds is 4. The third kappa shape index (κ3) is 4.18. The molecule has 0 unspecified atom stereocenters. The van der Waals surface area contributed by atoms with Gasteiger partial charge < -0.3 is 4.74 Å². The lowest BCUT2D eigenvalue weighted by molar-refractivity contribution is 0.428. The highest BCUT2D eigenvalue weighted by Gasteiger charge is 1.93. The SMILES string of the molecule is C=C/C(C)=C\C=C(/C)Oc1ccc(C)cc1. The lowest BCUT2D eigenvalue weighted by Gasteiger charge is -2.05. The summed E-state index contributed by atoms with van der Waals surface area (Å²) >= 11 is 0. The van der Waals surface area contributed by atoms with Crippen molar-refractivity contribution in [1.82, 2.24) is 0 Å². The van der Waals surface area contributed by atoms with Crippen LogP contribution in [-0.4, -0.2) is 0 Å². The summed E-state index contributed by atoms with van der Waals surface area (Å²) in [6.07, 6.45) is 5.74. The van der Waals surface area contributed by atoms with Crippen molar-refractivity contribution in [3.8, 4) is 5.75 Å². The number of benzene rings is 1. The van der Waals surface area contributed by atoms with Gasteiger partial charge in [-0.15, -0.1) is 0 Å². The van der Waals surface area contributed by atoms with E-state index in [9.17, 15) is 0 Å². The van der Waals surface area contributed by atoms with Gasteiger partial charge in [-0.1, -0.05) is 42.0 Å². The average molecular weight is 214 g/mol. The predicted molar refractivity (Wildman–Crippen MR) is 69.5 cm³/mol. The summed E-state index contributed by atoms with van der Waals surface area (Å²) in [4.78, 5) is 0. The van der Waals surface area contributed by atoms with Crippen LogP contribution in [0, 0.1) is 6.92 Å². The second-order valence-corrected chi connectivity index (χ2v) is 3.81. The molecule has 1 nitrogen and oxygen atoms in total. The molecule has 0 aliphatic carbocycles. The molecule has 0 saturated heterocycles. The van der Waals surface area contributed by atoms with E-state index in [-0.39, 0.29) is 0 Å². The highest BCUT2D eigenvalue weighted by molar-refractivity contribution is 5.28. The van der Waals surface area contributed by atoms with Gasteiger partial charge in [-0.25, -0.2) is 0 Å². The number of ether oxygens (including phenoxy) is 1. The Morgan fingerprint density at radius 1 is 1.12 bits per heavy atom. The summed E-state index contributed by atoms with van der Waals surface area (Å²) < 4.78 is 5.65. The van der Waals surface area contributed by atoms with Crippen LogP contribution in [0.1, 0.15) is 19.4 Å². The number of hydrogen-bond donors (Lipinski definition) is 0. The highest BCUT2D eigenvalue weighted by Crippen LogP contribution is 2.14. The zero-order chi connectivity index (χ0) is 12.0. The van der Waals surface area contributed by atoms with Gasteiger partial charge in [-0.3, -0.25) is 0 Å². The fourth-order valence-electron chi connectivity index (χ4n) is 1.14. The van der Waals surface area contributed by atoms with Gasteiger partial charge in [0.05, 0.1) is 0 Å². The van der Waals surface area contributed by atoms with E-state index < -0.39 is 0 Å². The molecule has 84 valence electrons. The number of hydrogen-bond acceptors (Lipinski definition) is 1. The van der Waals surface area contributed by atoms with E-state index in [2.05, 4.69) is 13.5 Å². The van der Waals surface area contributed by atoms with Crippen LogP contribution < -0.4 is 4.74 Å². The fraction of sp³-hybridized carbons (Fsp3) is 0.200. The molecule has 0 saturated carbocycles. The van der Waals surface area contributed by atoms with Crippen LogP contribution >= 0.6 is 0 Å². The smallest absolute Gasteiger partial charge is 0.126 e. The lowest BCUT2D eigenvalue weighted by Crippen LogP contribution is -1.89. The molecule has 0 aromatic heterocycles. The summed E-state index contributed by atoms with van der Waals surface area (Å²) in [5, 5.41) is 0. The minimum Gasteiger partial charge on any atom is -0.462 e. The molecule has 0 N–H and O–H groups in total. The Bertz CT molecular complexity index is 408. The van der Waals surface area contributed by atoms with Crippen LogP contribution in [0.5, 0.6) is 5.75 Å². The summed E-state index contributed by atoms with van der Waals surface area (Å²) in [5.41, 5.74) is 2.35. The quantitative estimate of drug-likeness (QED) is 0.533. The van der Waals surface area contributed by atoms with Crippen LogP contribution in [0.25, 0.3) is 0 Å². The van der Waals surface area contributed by atoms with Gasteiger partial charge in [0.2, 0.25) is 0 Å². The molecule has 1 aromatic rings. The number of allylic oxidation sites excluding steroid dienone is 5. The maximum Gasteiger partial charge on any atom is 0.126 e. The van der Waals surface area contributed by atoms with Crippen LogP contribution in [0.3, 0.4) is 0 Å². The molecule has 0 bridgehead atoms. The Kier molecular flexibility index (Phi) is 4.59. The fourth-order valence-corrected chi connectivity index (χ4v) is 1.14. The minimum atomic E-state index is 0.865. The summed E-state index contributed by atoms with van der Waals surface area (Å²) in [5.74, 6) is 1.73. The van der Waals surface area contributed by atoms with Crippen molar-refractivity contribution < 1.29 is 4.74 Å². The van der Waals surface area contributed by atoms with Gasteiger partial charge in [0.1, 0.15) is 11.5 Å². The molecule has 0 heterocycles. The maximum absolute atomic E-state index is 5.65. The summed E-state index contributed by atoms with van der Waals surface area (Å²) in [6, 6.07) is 8.01. The predicted octanol–water partition coefficient (Wildman–Crippen LogP) is 4.41. The van der Waals surface area contributed by atoms with Gasteiger partial charge in [0, 0.05) is 0 Å². The molecule has 0 radical (unpaired) electrons. The van der Waals surface area contributed by atoms with Crippen molar-refractivity contribution in [1.29, 1.82) is 0 Å².